The van der Waals surface area contributed by atoms with Crippen molar-refractivity contribution >= 4 is 58.0 Å². The fourth-order valence-electron chi connectivity index (χ4n) is 3.95. The first-order chi connectivity index (χ1) is 18.3. The van der Waals surface area contributed by atoms with Crippen LogP contribution < -0.4 is 27.5 Å². The summed E-state index contributed by atoms with van der Waals surface area (Å²) in [6, 6.07) is 19.6. The molecule has 198 valence electrons. The van der Waals surface area contributed by atoms with Gasteiger partial charge in [0, 0.05) is 0 Å². The summed E-state index contributed by atoms with van der Waals surface area (Å²) >= 11 is 3.47. The Hall–Kier alpha value is -2.23. The number of rotatable bonds is 7. The first-order valence-corrected chi connectivity index (χ1v) is 22.2. The van der Waals surface area contributed by atoms with Gasteiger partial charge in [-0.2, -0.15) is 0 Å². The number of allylic oxidation sites excluding steroid dienone is 4. The number of para-hydroxylation sites is 1. The van der Waals surface area contributed by atoms with Crippen LogP contribution in [0.25, 0.3) is 5.57 Å². The number of nitrogens with one attached hydrogen (secondary N) is 2. The summed E-state index contributed by atoms with van der Waals surface area (Å²) in [5.74, 6) is 0.374. The Bertz CT molecular complexity index is 1620. The van der Waals surface area contributed by atoms with Crippen molar-refractivity contribution in [3.05, 3.63) is 118 Å². The molecule has 0 radical (unpaired) electrons. The molecule has 5 rings (SSSR count). The van der Waals surface area contributed by atoms with Crippen LogP contribution in [0.1, 0.15) is 17.5 Å². The molecule has 0 atom stereocenters. The standard InChI is InChI=1S/C27H22BrFI2N3O3S/c28-22-16-30-31-34-24(22)13-12-19(21-8-1-3-10-25(21)35)15-27(34)32-17-18-6-5-7-20(14-18)33-38(36,37)26-11-4-2-9-23(26)29/h1-12,14-16,32-33,35H,13,17H2/q-1. The average molecular weight is 821 g/mol. The molecule has 3 aromatic rings. The molecule has 2 aliphatic rings. The quantitative estimate of drug-likeness (QED) is 0.252. The van der Waals surface area contributed by atoms with Crippen LogP contribution in [-0.2, 0) is 16.6 Å². The van der Waals surface area contributed by atoms with Crippen LogP contribution in [0.5, 0.6) is 5.75 Å². The number of hydrogen-bond acceptors (Lipinski definition) is 5. The van der Waals surface area contributed by atoms with Crippen LogP contribution in [0.15, 0.2) is 106 Å². The van der Waals surface area contributed by atoms with Gasteiger partial charge in [0.25, 0.3) is 0 Å². The second-order valence-electron chi connectivity index (χ2n) is 8.33. The Morgan fingerprint density at radius 3 is 2.68 bits per heavy atom. The zero-order valence-electron chi connectivity index (χ0n) is 19.7. The number of anilines is 1. The second-order valence-corrected chi connectivity index (χ2v) is 18.9. The molecule has 0 aliphatic carbocycles. The number of sulfonamides is 1. The SMILES string of the molecule is O=S(=O)(Nc1cccc(CNC2=CC(c3ccccc3O)=CCC3=C(Br)C=I[I-]N23)c1)c1ccccc1F. The van der Waals surface area contributed by atoms with E-state index in [0.717, 1.165) is 39.5 Å². The van der Waals surface area contributed by atoms with Gasteiger partial charge in [-0.05, 0) is 0 Å². The van der Waals surface area contributed by atoms with Gasteiger partial charge >= 0.3 is 242 Å². The summed E-state index contributed by atoms with van der Waals surface area (Å²) < 4.78 is 47.9. The number of halogens is 4. The fraction of sp³-hybridized carbons (Fsp3) is 0.0741. The van der Waals surface area contributed by atoms with E-state index >= 15 is 0 Å². The van der Waals surface area contributed by atoms with Gasteiger partial charge in [-0.1, -0.05) is 6.07 Å². The summed E-state index contributed by atoms with van der Waals surface area (Å²) in [5.41, 5.74) is 4.11. The molecule has 0 spiro atoms. The van der Waals surface area contributed by atoms with Crippen molar-refractivity contribution in [3.8, 4) is 5.75 Å². The summed E-state index contributed by atoms with van der Waals surface area (Å²) in [6.45, 7) is 0.447. The minimum absolute atomic E-state index is 0.0549. The van der Waals surface area contributed by atoms with Crippen LogP contribution in [0.2, 0.25) is 0 Å². The van der Waals surface area contributed by atoms with Gasteiger partial charge in [0.05, 0.1) is 0 Å². The molecule has 0 amide bonds. The third kappa shape index (κ3) is 6.15. The molecule has 38 heavy (non-hydrogen) atoms. The van der Waals surface area contributed by atoms with Crippen molar-refractivity contribution in [2.75, 3.05) is 4.72 Å². The molecule has 6 nitrogen and oxygen atoms in total. The number of fused-ring (bicyclic) bond motifs is 1. The van der Waals surface area contributed by atoms with Crippen molar-refractivity contribution in [1.82, 2.24) is 8.43 Å². The predicted molar refractivity (Wildman–Crippen MR) is 157 cm³/mol. The van der Waals surface area contributed by atoms with E-state index in [1.165, 1.54) is 23.9 Å². The topological polar surface area (TPSA) is 81.7 Å². The van der Waals surface area contributed by atoms with Crippen molar-refractivity contribution in [1.29, 1.82) is 0 Å². The van der Waals surface area contributed by atoms with Crippen LogP contribution in [-0.4, -0.2) is 20.6 Å². The summed E-state index contributed by atoms with van der Waals surface area (Å²) in [7, 11) is -4.07. The van der Waals surface area contributed by atoms with E-state index in [4.69, 9.17) is 0 Å². The Kier molecular flexibility index (Phi) is 8.55. The first-order valence-electron chi connectivity index (χ1n) is 11.4. The van der Waals surface area contributed by atoms with Gasteiger partial charge in [0.1, 0.15) is 0 Å². The molecule has 0 saturated heterocycles. The van der Waals surface area contributed by atoms with Gasteiger partial charge < -0.3 is 0 Å². The third-order valence-electron chi connectivity index (χ3n) is 5.76. The molecule has 2 heterocycles. The molecule has 0 unspecified atom stereocenters. The average Bonchev–Trinajstić information content (AvgIpc) is 3.08. The van der Waals surface area contributed by atoms with E-state index in [2.05, 4.69) is 45.2 Å². The van der Waals surface area contributed by atoms with E-state index in [0.29, 0.717) is 12.2 Å². The molecule has 3 N–H and O–H groups in total. The number of hydrogen-bond donors (Lipinski definition) is 3. The van der Waals surface area contributed by atoms with Crippen molar-refractivity contribution in [2.24, 2.45) is 0 Å². The minimum atomic E-state index is -4.07. The van der Waals surface area contributed by atoms with Gasteiger partial charge in [0.2, 0.25) is 0 Å². The maximum absolute atomic E-state index is 14.1. The van der Waals surface area contributed by atoms with E-state index < -0.39 is 20.7 Å². The van der Waals surface area contributed by atoms with E-state index in [-0.39, 0.29) is 40.0 Å². The molecule has 0 fully saturated rings. The second kappa shape index (κ2) is 11.9. The van der Waals surface area contributed by atoms with Crippen LogP contribution in [0.4, 0.5) is 10.1 Å². The number of phenolic OH excluding ortho intramolecular Hbond substituents is 1. The molecule has 0 bridgehead atoms. The molecule has 0 saturated carbocycles. The number of phenols is 1. The van der Waals surface area contributed by atoms with Crippen LogP contribution in [0.3, 0.4) is 0 Å². The molecule has 3 aromatic carbocycles. The van der Waals surface area contributed by atoms with E-state index in [9.17, 15) is 17.9 Å². The molecule has 0 aromatic heterocycles. The monoisotopic (exact) mass is 820 g/mol. The Morgan fingerprint density at radius 1 is 1.08 bits per heavy atom. The van der Waals surface area contributed by atoms with Crippen molar-refractivity contribution in [3.63, 3.8) is 0 Å². The molecular formula is C27H22BrFI2N3O3S-. The predicted octanol–water partition coefficient (Wildman–Crippen LogP) is 3.36. The number of aromatic hydroxyl groups is 1. The van der Waals surface area contributed by atoms with Gasteiger partial charge in [-0.15, -0.1) is 0 Å². The fourth-order valence-corrected chi connectivity index (χ4v) is 17.1. The normalized spacial score (nSPS) is 15.8. The van der Waals surface area contributed by atoms with Crippen molar-refractivity contribution in [2.45, 2.75) is 17.9 Å². The Morgan fingerprint density at radius 2 is 1.87 bits per heavy atom. The van der Waals surface area contributed by atoms with E-state index in [1.54, 1.807) is 30.3 Å². The van der Waals surface area contributed by atoms with Gasteiger partial charge in [0.15, 0.2) is 0 Å². The number of benzene rings is 3. The zero-order valence-corrected chi connectivity index (χ0v) is 26.4. The Balaban J connectivity index is 1.40. The van der Waals surface area contributed by atoms with Gasteiger partial charge in [-0.3, -0.25) is 0 Å². The van der Waals surface area contributed by atoms with Crippen molar-refractivity contribution < 1.29 is 35.4 Å². The summed E-state index contributed by atoms with van der Waals surface area (Å²) in [6.07, 6.45) is 4.94. The third-order valence-corrected chi connectivity index (χ3v) is 16.7. The Labute approximate surface area is 245 Å². The summed E-state index contributed by atoms with van der Waals surface area (Å²) in [4.78, 5) is -0.394. The van der Waals surface area contributed by atoms with E-state index in [1.807, 2.05) is 18.2 Å². The molecule has 11 heteroatoms. The number of nitrogens with zero attached hydrogens (tertiary/aromatic N) is 1. The maximum atomic E-state index is 14.1. The van der Waals surface area contributed by atoms with Gasteiger partial charge in [-0.25, -0.2) is 0 Å². The van der Waals surface area contributed by atoms with Crippen LogP contribution >= 0.6 is 32.7 Å². The summed E-state index contributed by atoms with van der Waals surface area (Å²) in [5, 5.41) is 14.0. The van der Waals surface area contributed by atoms with Crippen LogP contribution in [0, 0.1) is 5.82 Å². The zero-order chi connectivity index (χ0) is 26.7. The molecular weight excluding hydrogens is 799 g/mol. The molecule has 2 aliphatic heterocycles. The first kappa shape index (κ1) is 27.3.